The second-order valence-corrected chi connectivity index (χ2v) is 3.89. The third-order valence-corrected chi connectivity index (χ3v) is 2.47. The Morgan fingerprint density at radius 1 is 1.26 bits per heavy atom. The summed E-state index contributed by atoms with van der Waals surface area (Å²) in [7, 11) is 0. The van der Waals surface area contributed by atoms with Gasteiger partial charge in [-0.3, -0.25) is 14.4 Å². The van der Waals surface area contributed by atoms with Crippen molar-refractivity contribution in [2.24, 2.45) is 0 Å². The third kappa shape index (κ3) is 2.86. The first kappa shape index (κ1) is 13.0. The average Bonchev–Trinajstić information content (AvgIpc) is 2.31. The molecule has 19 heavy (non-hydrogen) atoms. The van der Waals surface area contributed by atoms with E-state index in [1.165, 1.54) is 0 Å². The molecular formula is C11H10FN3O4. The standard InChI is InChI=1S/C11H10FN3O4/c12-6-1-5(3-13-4-8(16)17)9-7(2-6)14-10(18)11(19)15-9/h1-2,13H,3-4H2,(H,14,18)(H,15,19)(H,16,17). The highest BCUT2D eigenvalue weighted by Gasteiger charge is 2.08. The van der Waals surface area contributed by atoms with Gasteiger partial charge in [-0.15, -0.1) is 0 Å². The van der Waals surface area contributed by atoms with Gasteiger partial charge in [0.15, 0.2) is 0 Å². The van der Waals surface area contributed by atoms with E-state index in [-0.39, 0.29) is 24.1 Å². The number of benzene rings is 1. The first-order valence-electron chi connectivity index (χ1n) is 5.34. The number of halogens is 1. The van der Waals surface area contributed by atoms with Crippen molar-refractivity contribution in [2.45, 2.75) is 6.54 Å². The van der Waals surface area contributed by atoms with E-state index in [0.29, 0.717) is 5.56 Å². The van der Waals surface area contributed by atoms with Crippen LogP contribution in [-0.2, 0) is 11.3 Å². The fraction of sp³-hybridized carbons (Fsp3) is 0.182. The number of hydrogen-bond acceptors (Lipinski definition) is 4. The van der Waals surface area contributed by atoms with Crippen molar-refractivity contribution in [3.8, 4) is 0 Å². The molecule has 0 aliphatic carbocycles. The van der Waals surface area contributed by atoms with E-state index in [1.807, 2.05) is 0 Å². The number of carbonyl (C=O) groups is 1. The SMILES string of the molecule is O=C(O)CNCc1cc(F)cc2[nH]c(=O)c(=O)[nH]c12. The summed E-state index contributed by atoms with van der Waals surface area (Å²) in [5, 5.41) is 11.1. The van der Waals surface area contributed by atoms with E-state index in [2.05, 4.69) is 15.3 Å². The Bertz CT molecular complexity index is 750. The molecule has 2 aromatic rings. The molecule has 0 saturated carbocycles. The van der Waals surface area contributed by atoms with Gasteiger partial charge in [-0.2, -0.15) is 0 Å². The van der Waals surface area contributed by atoms with Gasteiger partial charge in [0, 0.05) is 6.54 Å². The third-order valence-electron chi connectivity index (χ3n) is 2.47. The summed E-state index contributed by atoms with van der Waals surface area (Å²) in [6.07, 6.45) is 0. The van der Waals surface area contributed by atoms with Crippen LogP contribution in [0.2, 0.25) is 0 Å². The lowest BCUT2D eigenvalue weighted by molar-refractivity contribution is -0.135. The predicted molar refractivity (Wildman–Crippen MR) is 64.5 cm³/mol. The van der Waals surface area contributed by atoms with Gasteiger partial charge < -0.3 is 20.4 Å². The van der Waals surface area contributed by atoms with Gasteiger partial charge in [-0.1, -0.05) is 0 Å². The van der Waals surface area contributed by atoms with Crippen molar-refractivity contribution in [1.29, 1.82) is 0 Å². The van der Waals surface area contributed by atoms with Crippen molar-refractivity contribution < 1.29 is 14.3 Å². The highest BCUT2D eigenvalue weighted by Crippen LogP contribution is 2.14. The number of aromatic amines is 2. The summed E-state index contributed by atoms with van der Waals surface area (Å²) in [4.78, 5) is 37.4. The lowest BCUT2D eigenvalue weighted by Crippen LogP contribution is -2.30. The van der Waals surface area contributed by atoms with Gasteiger partial charge in [0.2, 0.25) is 0 Å². The average molecular weight is 267 g/mol. The summed E-state index contributed by atoms with van der Waals surface area (Å²) in [5.41, 5.74) is -0.952. The van der Waals surface area contributed by atoms with Gasteiger partial charge in [0.05, 0.1) is 17.6 Å². The zero-order chi connectivity index (χ0) is 14.0. The molecule has 1 aromatic heterocycles. The second kappa shape index (κ2) is 5.02. The van der Waals surface area contributed by atoms with Gasteiger partial charge >= 0.3 is 17.1 Å². The number of carboxylic acids is 1. The minimum atomic E-state index is -1.05. The van der Waals surface area contributed by atoms with Crippen LogP contribution in [0, 0.1) is 5.82 Å². The zero-order valence-electron chi connectivity index (χ0n) is 9.62. The highest BCUT2D eigenvalue weighted by atomic mass is 19.1. The molecule has 0 radical (unpaired) electrons. The highest BCUT2D eigenvalue weighted by molar-refractivity contribution is 5.77. The Balaban J connectivity index is 2.47. The van der Waals surface area contributed by atoms with E-state index >= 15 is 0 Å². The molecule has 0 aliphatic rings. The summed E-state index contributed by atoms with van der Waals surface area (Å²) >= 11 is 0. The molecule has 0 fully saturated rings. The van der Waals surface area contributed by atoms with Crippen LogP contribution in [0.1, 0.15) is 5.56 Å². The van der Waals surface area contributed by atoms with Crippen LogP contribution in [0.15, 0.2) is 21.7 Å². The summed E-state index contributed by atoms with van der Waals surface area (Å²) in [6.45, 7) is -0.256. The molecule has 0 spiro atoms. The summed E-state index contributed by atoms with van der Waals surface area (Å²) in [5.74, 6) is -1.65. The number of hydrogen-bond donors (Lipinski definition) is 4. The molecule has 8 heteroatoms. The maximum absolute atomic E-state index is 13.4. The molecular weight excluding hydrogens is 257 g/mol. The van der Waals surface area contributed by atoms with Crippen LogP contribution in [0.25, 0.3) is 11.0 Å². The Kier molecular flexibility index (Phi) is 3.43. The van der Waals surface area contributed by atoms with Crippen molar-refractivity contribution >= 4 is 17.0 Å². The summed E-state index contributed by atoms with van der Waals surface area (Å²) in [6, 6.07) is 2.23. The van der Waals surface area contributed by atoms with E-state index in [0.717, 1.165) is 12.1 Å². The minimum Gasteiger partial charge on any atom is -0.480 e. The Morgan fingerprint density at radius 3 is 2.63 bits per heavy atom. The fourth-order valence-corrected chi connectivity index (χ4v) is 1.70. The lowest BCUT2D eigenvalue weighted by atomic mass is 10.1. The topological polar surface area (TPSA) is 115 Å². The number of fused-ring (bicyclic) bond motifs is 1. The second-order valence-electron chi connectivity index (χ2n) is 3.89. The molecule has 4 N–H and O–H groups in total. The van der Waals surface area contributed by atoms with E-state index < -0.39 is 22.9 Å². The lowest BCUT2D eigenvalue weighted by Gasteiger charge is -2.07. The van der Waals surface area contributed by atoms with Gasteiger partial charge in [-0.25, -0.2) is 4.39 Å². The van der Waals surface area contributed by atoms with E-state index in [4.69, 9.17) is 5.11 Å². The van der Waals surface area contributed by atoms with Crippen LogP contribution in [0.4, 0.5) is 4.39 Å². The number of rotatable bonds is 4. The number of aromatic nitrogens is 2. The maximum atomic E-state index is 13.4. The van der Waals surface area contributed by atoms with Crippen molar-refractivity contribution in [1.82, 2.24) is 15.3 Å². The first-order chi connectivity index (χ1) is 8.97. The molecule has 2 rings (SSSR count). The monoisotopic (exact) mass is 267 g/mol. The predicted octanol–water partition coefficient (Wildman–Crippen LogP) is -0.470. The summed E-state index contributed by atoms with van der Waals surface area (Å²) < 4.78 is 13.4. The van der Waals surface area contributed by atoms with Crippen molar-refractivity contribution in [3.05, 3.63) is 44.2 Å². The Morgan fingerprint density at radius 2 is 1.95 bits per heavy atom. The van der Waals surface area contributed by atoms with Gasteiger partial charge in [0.1, 0.15) is 5.82 Å². The smallest absolute Gasteiger partial charge is 0.317 e. The first-order valence-corrected chi connectivity index (χ1v) is 5.34. The molecule has 0 unspecified atom stereocenters. The van der Waals surface area contributed by atoms with Crippen molar-refractivity contribution in [2.75, 3.05) is 6.54 Å². The molecule has 7 nitrogen and oxygen atoms in total. The quantitative estimate of drug-likeness (QED) is 0.559. The zero-order valence-corrected chi connectivity index (χ0v) is 9.62. The molecule has 0 aliphatic heterocycles. The van der Waals surface area contributed by atoms with Crippen molar-refractivity contribution in [3.63, 3.8) is 0 Å². The number of nitrogens with one attached hydrogen (secondary N) is 3. The normalized spacial score (nSPS) is 10.8. The maximum Gasteiger partial charge on any atom is 0.317 e. The Labute approximate surface area is 105 Å². The molecule has 1 heterocycles. The van der Waals surface area contributed by atoms with Crippen LogP contribution in [-0.4, -0.2) is 27.6 Å². The molecule has 0 atom stereocenters. The molecule has 0 bridgehead atoms. The largest absolute Gasteiger partial charge is 0.480 e. The van der Waals surface area contributed by atoms with Gasteiger partial charge in [-0.05, 0) is 17.7 Å². The van der Waals surface area contributed by atoms with E-state index in [9.17, 15) is 18.8 Å². The Hall–Kier alpha value is -2.48. The van der Waals surface area contributed by atoms with E-state index in [1.54, 1.807) is 0 Å². The number of H-pyrrole nitrogens is 2. The van der Waals surface area contributed by atoms with Crippen LogP contribution >= 0.6 is 0 Å². The van der Waals surface area contributed by atoms with Crippen LogP contribution in [0.5, 0.6) is 0 Å². The fourth-order valence-electron chi connectivity index (χ4n) is 1.70. The molecule has 100 valence electrons. The van der Waals surface area contributed by atoms with Crippen LogP contribution in [0.3, 0.4) is 0 Å². The number of aliphatic carboxylic acids is 1. The van der Waals surface area contributed by atoms with Gasteiger partial charge in [0.25, 0.3) is 0 Å². The number of carboxylic acid groups (broad SMARTS) is 1. The molecule has 0 saturated heterocycles. The minimum absolute atomic E-state index is 0.0442. The van der Waals surface area contributed by atoms with Crippen LogP contribution < -0.4 is 16.4 Å². The molecule has 0 amide bonds. The molecule has 1 aromatic carbocycles.